The summed E-state index contributed by atoms with van der Waals surface area (Å²) >= 11 is 1.74. The van der Waals surface area contributed by atoms with Gasteiger partial charge in [0.2, 0.25) is 0 Å². The van der Waals surface area contributed by atoms with Crippen LogP contribution in [0.3, 0.4) is 0 Å². The summed E-state index contributed by atoms with van der Waals surface area (Å²) in [4.78, 5) is 34.6. The number of halogens is 2. The molecule has 1 aliphatic carbocycles. The van der Waals surface area contributed by atoms with Gasteiger partial charge in [-0.05, 0) is 69.5 Å². The third-order valence-electron chi connectivity index (χ3n) is 9.40. The van der Waals surface area contributed by atoms with E-state index in [9.17, 15) is 23.7 Å². The molecule has 45 heavy (non-hydrogen) atoms. The maximum Gasteiger partial charge on any atom is 0.272 e. The van der Waals surface area contributed by atoms with Gasteiger partial charge in [0.1, 0.15) is 22.8 Å². The Balaban J connectivity index is 0.953. The fraction of sp³-hybridized carbons (Fsp3) is 0.562. The number of fused-ring (bicyclic) bond motifs is 1. The Morgan fingerprint density at radius 2 is 1.87 bits per heavy atom. The predicted molar refractivity (Wildman–Crippen MR) is 170 cm³/mol. The van der Waals surface area contributed by atoms with Gasteiger partial charge in [-0.3, -0.25) is 14.9 Å². The second-order valence-electron chi connectivity index (χ2n) is 12.5. The number of non-ortho nitro benzene ring substituents is 1. The topological polar surface area (TPSA) is 114 Å². The number of H-pyrrole nitrogens is 1. The summed E-state index contributed by atoms with van der Waals surface area (Å²) in [6, 6.07) is 6.97. The van der Waals surface area contributed by atoms with Crippen molar-refractivity contribution in [3.63, 3.8) is 0 Å². The number of anilines is 1. The zero-order valence-electron chi connectivity index (χ0n) is 25.4. The minimum absolute atomic E-state index is 0.0437. The molecule has 0 bridgehead atoms. The summed E-state index contributed by atoms with van der Waals surface area (Å²) in [6.45, 7) is 4.88. The first-order chi connectivity index (χ1) is 21.7. The Bertz CT molecular complexity index is 1570. The number of aromatic nitrogens is 2. The fourth-order valence-corrected chi connectivity index (χ4v) is 7.67. The molecule has 0 unspecified atom stereocenters. The SMILES string of the molecule is CN(c1ccc([N+](=O)[O-])cc1F)C1CC(CN2CCC(COc3cc(F)c4c(=O)[nH]c(CSC5CCOCC5)nc4c3)CC2)C1. The van der Waals surface area contributed by atoms with Crippen molar-refractivity contribution in [2.24, 2.45) is 11.8 Å². The van der Waals surface area contributed by atoms with Crippen LogP contribution in [0.25, 0.3) is 10.9 Å². The Hall–Kier alpha value is -3.29. The molecule has 242 valence electrons. The van der Waals surface area contributed by atoms with Gasteiger partial charge in [0.15, 0.2) is 5.82 Å². The number of aromatic amines is 1. The minimum Gasteiger partial charge on any atom is -0.493 e. The first-order valence-corrected chi connectivity index (χ1v) is 16.7. The number of likely N-dealkylation sites (tertiary alicyclic amines) is 1. The summed E-state index contributed by atoms with van der Waals surface area (Å²) in [6.07, 6.45) is 5.81. The molecule has 0 spiro atoms. The molecule has 3 aromatic rings. The van der Waals surface area contributed by atoms with Crippen molar-refractivity contribution in [3.05, 3.63) is 68.3 Å². The molecule has 3 aliphatic rings. The predicted octanol–water partition coefficient (Wildman–Crippen LogP) is 5.53. The average molecular weight is 644 g/mol. The lowest BCUT2D eigenvalue weighted by Crippen LogP contribution is -2.48. The Morgan fingerprint density at radius 1 is 1.11 bits per heavy atom. The number of rotatable bonds is 11. The Morgan fingerprint density at radius 3 is 2.58 bits per heavy atom. The van der Waals surface area contributed by atoms with Crippen LogP contribution >= 0.6 is 11.8 Å². The van der Waals surface area contributed by atoms with Crippen LogP contribution in [0.4, 0.5) is 20.2 Å². The smallest absolute Gasteiger partial charge is 0.272 e. The molecule has 13 heteroatoms. The molecular weight excluding hydrogens is 604 g/mol. The molecule has 3 heterocycles. The summed E-state index contributed by atoms with van der Waals surface area (Å²) in [5.41, 5.74) is -0.00881. The number of piperidine rings is 1. The van der Waals surface area contributed by atoms with Crippen molar-refractivity contribution in [1.82, 2.24) is 14.9 Å². The molecule has 0 amide bonds. The van der Waals surface area contributed by atoms with E-state index in [0.717, 1.165) is 77.4 Å². The van der Waals surface area contributed by atoms with Gasteiger partial charge in [-0.15, -0.1) is 0 Å². The standard InChI is InChI=1S/C32H39F2N5O5S/c1-37(29-3-2-22(39(41)42)14-26(29)33)23-12-21(13-23)17-38-8-4-20(5-9-38)18-44-24-15-27(34)31-28(16-24)35-30(36-32(31)40)19-45-25-6-10-43-11-7-25/h2-3,14-16,20-21,23,25H,4-13,17-19H2,1H3,(H,35,36,40). The lowest BCUT2D eigenvalue weighted by molar-refractivity contribution is -0.385. The van der Waals surface area contributed by atoms with Gasteiger partial charge in [-0.25, -0.2) is 13.8 Å². The summed E-state index contributed by atoms with van der Waals surface area (Å²) < 4.78 is 40.8. The van der Waals surface area contributed by atoms with E-state index < -0.39 is 22.1 Å². The van der Waals surface area contributed by atoms with Gasteiger partial charge in [0.05, 0.1) is 34.6 Å². The van der Waals surface area contributed by atoms with Crippen molar-refractivity contribution in [1.29, 1.82) is 0 Å². The number of hydrogen-bond acceptors (Lipinski definition) is 9. The van der Waals surface area contributed by atoms with Crippen LogP contribution in [0.15, 0.2) is 35.1 Å². The summed E-state index contributed by atoms with van der Waals surface area (Å²) in [5, 5.41) is 11.3. The molecule has 0 atom stereocenters. The van der Waals surface area contributed by atoms with Crippen LogP contribution in [0.1, 0.15) is 44.3 Å². The van der Waals surface area contributed by atoms with Crippen LogP contribution in [-0.2, 0) is 10.5 Å². The lowest BCUT2D eigenvalue weighted by atomic mass is 9.78. The molecule has 6 rings (SSSR count). The quantitative estimate of drug-likeness (QED) is 0.213. The minimum atomic E-state index is -0.629. The number of thioether (sulfide) groups is 1. The maximum absolute atomic E-state index is 14.9. The number of nitro benzene ring substituents is 1. The Labute approximate surface area is 264 Å². The molecule has 1 saturated carbocycles. The molecule has 3 fully saturated rings. The van der Waals surface area contributed by atoms with Crippen molar-refractivity contribution in [2.45, 2.75) is 55.6 Å². The van der Waals surface area contributed by atoms with Gasteiger partial charge in [-0.1, -0.05) is 0 Å². The highest BCUT2D eigenvalue weighted by molar-refractivity contribution is 7.99. The fourth-order valence-electron chi connectivity index (χ4n) is 6.61. The number of nitro groups is 1. The maximum atomic E-state index is 14.9. The largest absolute Gasteiger partial charge is 0.493 e. The van der Waals surface area contributed by atoms with Crippen LogP contribution < -0.4 is 15.2 Å². The first kappa shape index (κ1) is 31.7. The highest BCUT2D eigenvalue weighted by atomic mass is 32.2. The van der Waals surface area contributed by atoms with E-state index in [1.165, 1.54) is 18.2 Å². The summed E-state index contributed by atoms with van der Waals surface area (Å²) in [7, 11) is 1.85. The van der Waals surface area contributed by atoms with E-state index in [1.807, 2.05) is 11.9 Å². The molecule has 1 N–H and O–H groups in total. The van der Waals surface area contributed by atoms with Crippen molar-refractivity contribution >= 4 is 34.0 Å². The van der Waals surface area contributed by atoms with E-state index in [0.29, 0.717) is 52.2 Å². The number of hydrogen-bond donors (Lipinski definition) is 1. The highest BCUT2D eigenvalue weighted by Gasteiger charge is 2.35. The van der Waals surface area contributed by atoms with Crippen molar-refractivity contribution < 1.29 is 23.2 Å². The van der Waals surface area contributed by atoms with E-state index in [2.05, 4.69) is 14.9 Å². The van der Waals surface area contributed by atoms with Crippen LogP contribution in [0.5, 0.6) is 5.75 Å². The van der Waals surface area contributed by atoms with Gasteiger partial charge in [-0.2, -0.15) is 11.8 Å². The molecule has 2 aromatic carbocycles. The second-order valence-corrected chi connectivity index (χ2v) is 13.8. The van der Waals surface area contributed by atoms with E-state index >= 15 is 0 Å². The second kappa shape index (κ2) is 14.0. The van der Waals surface area contributed by atoms with Crippen molar-refractivity contribution in [3.8, 4) is 5.75 Å². The molecule has 1 aromatic heterocycles. The molecule has 2 aliphatic heterocycles. The van der Waals surface area contributed by atoms with Crippen LogP contribution in [0, 0.1) is 33.6 Å². The monoisotopic (exact) mass is 643 g/mol. The van der Waals surface area contributed by atoms with Crippen molar-refractivity contribution in [2.75, 3.05) is 51.4 Å². The number of benzene rings is 2. The van der Waals surface area contributed by atoms with E-state index in [-0.39, 0.29) is 17.1 Å². The molecule has 10 nitrogen and oxygen atoms in total. The molecule has 0 radical (unpaired) electrons. The summed E-state index contributed by atoms with van der Waals surface area (Å²) in [5.74, 6) is 1.16. The number of nitrogens with one attached hydrogen (secondary N) is 1. The van der Waals surface area contributed by atoms with E-state index in [4.69, 9.17) is 9.47 Å². The number of ether oxygens (including phenoxy) is 2. The van der Waals surface area contributed by atoms with E-state index in [1.54, 1.807) is 17.8 Å². The molecular formula is C32H39F2N5O5S. The lowest BCUT2D eigenvalue weighted by Gasteiger charge is -2.45. The van der Waals surface area contributed by atoms with Crippen LogP contribution in [-0.4, -0.2) is 77.6 Å². The zero-order chi connectivity index (χ0) is 31.5. The van der Waals surface area contributed by atoms with Gasteiger partial charge >= 0.3 is 0 Å². The number of nitrogens with zero attached hydrogens (tertiary/aromatic N) is 4. The van der Waals surface area contributed by atoms with Gasteiger partial charge in [0.25, 0.3) is 11.2 Å². The third-order valence-corrected chi connectivity index (χ3v) is 10.8. The molecule has 2 saturated heterocycles. The zero-order valence-corrected chi connectivity index (χ0v) is 26.2. The normalized spacial score (nSPS) is 21.5. The van der Waals surface area contributed by atoms with Gasteiger partial charge in [0, 0.05) is 56.3 Å². The van der Waals surface area contributed by atoms with Crippen LogP contribution in [0.2, 0.25) is 0 Å². The third kappa shape index (κ3) is 7.58. The Kier molecular flexibility index (Phi) is 9.86. The van der Waals surface area contributed by atoms with Gasteiger partial charge < -0.3 is 24.3 Å². The average Bonchev–Trinajstić information content (AvgIpc) is 3.01. The highest BCUT2D eigenvalue weighted by Crippen LogP contribution is 2.36. The first-order valence-electron chi connectivity index (χ1n) is 15.7.